The molecule has 0 aliphatic heterocycles. The van der Waals surface area contributed by atoms with Crippen molar-refractivity contribution in [2.45, 2.75) is 25.8 Å². The van der Waals surface area contributed by atoms with Crippen molar-refractivity contribution in [3.05, 3.63) is 48.2 Å². The van der Waals surface area contributed by atoms with Crippen LogP contribution in [0.15, 0.2) is 42.5 Å². The standard InChI is InChI=1S/C21H20N4O/c1-13(14-7-8-14)23-21-17-10-9-15(11-18(17)24-25-19(21)12-22)16-5-3-4-6-20(16)26-2/h3-6,9-11,13-14H,7-8H2,1-2H3,(H,23,24). The Balaban J connectivity index is 1.81. The zero-order valence-electron chi connectivity index (χ0n) is 14.9. The maximum atomic E-state index is 9.44. The lowest BCUT2D eigenvalue weighted by Crippen LogP contribution is -2.19. The Morgan fingerprint density at radius 2 is 2.00 bits per heavy atom. The average molecular weight is 344 g/mol. The highest BCUT2D eigenvalue weighted by atomic mass is 16.5. The highest BCUT2D eigenvalue weighted by Gasteiger charge is 2.29. The van der Waals surface area contributed by atoms with Crippen molar-refractivity contribution in [3.8, 4) is 22.9 Å². The van der Waals surface area contributed by atoms with E-state index in [0.717, 1.165) is 33.5 Å². The van der Waals surface area contributed by atoms with Crippen LogP contribution in [0.5, 0.6) is 5.75 Å². The summed E-state index contributed by atoms with van der Waals surface area (Å²) in [5.74, 6) is 1.49. The summed E-state index contributed by atoms with van der Waals surface area (Å²) in [7, 11) is 1.67. The van der Waals surface area contributed by atoms with Gasteiger partial charge in [0.05, 0.1) is 18.3 Å². The van der Waals surface area contributed by atoms with Crippen LogP contribution in [0, 0.1) is 17.2 Å². The van der Waals surface area contributed by atoms with Gasteiger partial charge < -0.3 is 10.1 Å². The van der Waals surface area contributed by atoms with Crippen molar-refractivity contribution >= 4 is 16.6 Å². The molecule has 1 fully saturated rings. The van der Waals surface area contributed by atoms with Crippen molar-refractivity contribution < 1.29 is 4.74 Å². The van der Waals surface area contributed by atoms with E-state index in [1.807, 2.05) is 42.5 Å². The van der Waals surface area contributed by atoms with Gasteiger partial charge >= 0.3 is 0 Å². The molecule has 3 aromatic rings. The first-order valence-electron chi connectivity index (χ1n) is 8.81. The van der Waals surface area contributed by atoms with Gasteiger partial charge in [-0.25, -0.2) is 0 Å². The minimum Gasteiger partial charge on any atom is -0.496 e. The molecule has 1 aliphatic rings. The van der Waals surface area contributed by atoms with E-state index in [1.54, 1.807) is 7.11 Å². The van der Waals surface area contributed by atoms with Crippen LogP contribution in [0.1, 0.15) is 25.5 Å². The molecule has 4 rings (SSSR count). The second kappa shape index (κ2) is 6.64. The lowest BCUT2D eigenvalue weighted by Gasteiger charge is -2.17. The van der Waals surface area contributed by atoms with Crippen LogP contribution in [0.3, 0.4) is 0 Å². The average Bonchev–Trinajstić information content (AvgIpc) is 3.53. The number of rotatable bonds is 5. The first-order valence-corrected chi connectivity index (χ1v) is 8.81. The van der Waals surface area contributed by atoms with Crippen LogP contribution in [0.4, 0.5) is 5.69 Å². The van der Waals surface area contributed by atoms with Gasteiger partial charge in [-0.05, 0) is 49.4 Å². The molecule has 0 radical (unpaired) electrons. The van der Waals surface area contributed by atoms with Crippen LogP contribution >= 0.6 is 0 Å². The number of hydrogen-bond acceptors (Lipinski definition) is 5. The molecule has 5 nitrogen and oxygen atoms in total. The zero-order valence-corrected chi connectivity index (χ0v) is 14.9. The Hall–Kier alpha value is -3.13. The molecule has 0 bridgehead atoms. The number of nitrogens with zero attached hydrogens (tertiary/aromatic N) is 3. The van der Waals surface area contributed by atoms with E-state index < -0.39 is 0 Å². The fourth-order valence-corrected chi connectivity index (χ4v) is 3.32. The van der Waals surface area contributed by atoms with Gasteiger partial charge in [-0.3, -0.25) is 0 Å². The monoisotopic (exact) mass is 344 g/mol. The fourth-order valence-electron chi connectivity index (χ4n) is 3.32. The molecular formula is C21H20N4O. The van der Waals surface area contributed by atoms with Crippen LogP contribution < -0.4 is 10.1 Å². The van der Waals surface area contributed by atoms with E-state index in [-0.39, 0.29) is 0 Å². The quantitative estimate of drug-likeness (QED) is 0.743. The van der Waals surface area contributed by atoms with E-state index in [1.165, 1.54) is 12.8 Å². The van der Waals surface area contributed by atoms with E-state index in [9.17, 15) is 5.26 Å². The smallest absolute Gasteiger partial charge is 0.186 e. The SMILES string of the molecule is COc1ccccc1-c1ccc2c(NC(C)C3CC3)c(C#N)nnc2c1. The number of methoxy groups -OCH3 is 1. The summed E-state index contributed by atoms with van der Waals surface area (Å²) < 4.78 is 5.47. The molecule has 1 aromatic heterocycles. The Morgan fingerprint density at radius 3 is 2.73 bits per heavy atom. The topological polar surface area (TPSA) is 70.8 Å². The van der Waals surface area contributed by atoms with Gasteiger partial charge in [-0.15, -0.1) is 10.2 Å². The highest BCUT2D eigenvalue weighted by Crippen LogP contribution is 2.37. The molecule has 130 valence electrons. The minimum absolute atomic E-state index is 0.323. The number of nitriles is 1. The van der Waals surface area contributed by atoms with Gasteiger partial charge in [0.1, 0.15) is 11.8 Å². The summed E-state index contributed by atoms with van der Waals surface area (Å²) in [5, 5.41) is 22.3. The molecule has 0 amide bonds. The fraction of sp³-hybridized carbons (Fsp3) is 0.286. The summed E-state index contributed by atoms with van der Waals surface area (Å²) in [4.78, 5) is 0. The Kier molecular flexibility index (Phi) is 4.18. The van der Waals surface area contributed by atoms with E-state index in [2.05, 4.69) is 28.5 Å². The van der Waals surface area contributed by atoms with Crippen LogP contribution in [-0.4, -0.2) is 23.3 Å². The lowest BCUT2D eigenvalue weighted by molar-refractivity contribution is 0.416. The summed E-state index contributed by atoms with van der Waals surface area (Å²) in [5.41, 5.74) is 3.90. The molecule has 26 heavy (non-hydrogen) atoms. The maximum Gasteiger partial charge on any atom is 0.186 e. The molecule has 0 spiro atoms. The van der Waals surface area contributed by atoms with Crippen LogP contribution in [0.25, 0.3) is 22.0 Å². The third-order valence-corrected chi connectivity index (χ3v) is 4.99. The van der Waals surface area contributed by atoms with Gasteiger partial charge in [-0.2, -0.15) is 5.26 Å². The molecule has 1 heterocycles. The number of nitrogens with one attached hydrogen (secondary N) is 1. The molecule has 2 aromatic carbocycles. The first-order chi connectivity index (χ1) is 12.7. The first kappa shape index (κ1) is 16.3. The van der Waals surface area contributed by atoms with Crippen LogP contribution in [-0.2, 0) is 0 Å². The normalized spacial score (nSPS) is 14.7. The Labute approximate surface area is 152 Å². The third kappa shape index (κ3) is 2.95. The molecule has 1 aliphatic carbocycles. The van der Waals surface area contributed by atoms with Crippen molar-refractivity contribution in [2.24, 2.45) is 5.92 Å². The predicted molar refractivity (Wildman–Crippen MR) is 102 cm³/mol. The number of fused-ring (bicyclic) bond motifs is 1. The summed E-state index contributed by atoms with van der Waals surface area (Å²) in [6.07, 6.45) is 2.48. The molecule has 5 heteroatoms. The number of anilines is 1. The van der Waals surface area contributed by atoms with E-state index >= 15 is 0 Å². The van der Waals surface area contributed by atoms with Gasteiger partial charge in [0.25, 0.3) is 0 Å². The maximum absolute atomic E-state index is 9.44. The lowest BCUT2D eigenvalue weighted by atomic mass is 10.0. The number of hydrogen-bond donors (Lipinski definition) is 1. The predicted octanol–water partition coefficient (Wildman–Crippen LogP) is 4.39. The molecule has 1 unspecified atom stereocenters. The van der Waals surface area contributed by atoms with Gasteiger partial charge in [0, 0.05) is 17.0 Å². The largest absolute Gasteiger partial charge is 0.496 e. The molecular weight excluding hydrogens is 324 g/mol. The third-order valence-electron chi connectivity index (χ3n) is 4.99. The molecule has 1 N–H and O–H groups in total. The van der Waals surface area contributed by atoms with E-state index in [0.29, 0.717) is 17.7 Å². The number of benzene rings is 2. The Morgan fingerprint density at radius 1 is 1.19 bits per heavy atom. The second-order valence-electron chi connectivity index (χ2n) is 6.74. The molecule has 0 saturated heterocycles. The van der Waals surface area contributed by atoms with Crippen molar-refractivity contribution in [1.82, 2.24) is 10.2 Å². The summed E-state index contributed by atoms with van der Waals surface area (Å²) >= 11 is 0. The zero-order chi connectivity index (χ0) is 18.1. The number of para-hydroxylation sites is 1. The van der Waals surface area contributed by atoms with Gasteiger partial charge in [0.15, 0.2) is 5.69 Å². The minimum atomic E-state index is 0.323. The highest BCUT2D eigenvalue weighted by molar-refractivity contribution is 5.95. The Bertz CT molecular complexity index is 1000. The van der Waals surface area contributed by atoms with Crippen molar-refractivity contribution in [2.75, 3.05) is 12.4 Å². The molecule has 1 atom stereocenters. The summed E-state index contributed by atoms with van der Waals surface area (Å²) in [6.45, 7) is 2.16. The van der Waals surface area contributed by atoms with E-state index in [4.69, 9.17) is 4.74 Å². The van der Waals surface area contributed by atoms with Crippen LogP contribution in [0.2, 0.25) is 0 Å². The summed E-state index contributed by atoms with van der Waals surface area (Å²) in [6, 6.07) is 16.4. The number of aromatic nitrogens is 2. The van der Waals surface area contributed by atoms with Gasteiger partial charge in [-0.1, -0.05) is 24.3 Å². The van der Waals surface area contributed by atoms with Gasteiger partial charge in [0.2, 0.25) is 0 Å². The van der Waals surface area contributed by atoms with Crippen molar-refractivity contribution in [3.63, 3.8) is 0 Å². The number of ether oxygens (including phenoxy) is 1. The second-order valence-corrected chi connectivity index (χ2v) is 6.74. The van der Waals surface area contributed by atoms with Crippen molar-refractivity contribution in [1.29, 1.82) is 5.26 Å². The molecule has 1 saturated carbocycles.